The van der Waals surface area contributed by atoms with Crippen LogP contribution in [-0.4, -0.2) is 14.5 Å². The van der Waals surface area contributed by atoms with Gasteiger partial charge in [-0.15, -0.1) is 0 Å². The summed E-state index contributed by atoms with van der Waals surface area (Å²) in [4.78, 5) is 28.6. The molecule has 0 aromatic carbocycles. The summed E-state index contributed by atoms with van der Waals surface area (Å²) in [6.45, 7) is 0. The maximum absolute atomic E-state index is 11.3. The first-order chi connectivity index (χ1) is 7.13. The van der Waals surface area contributed by atoms with Crippen LogP contribution in [0.25, 0.3) is 11.2 Å². The highest BCUT2D eigenvalue weighted by Gasteiger charge is 2.05. The van der Waals surface area contributed by atoms with Crippen molar-refractivity contribution in [1.29, 1.82) is 5.26 Å². The van der Waals surface area contributed by atoms with Crippen LogP contribution in [0, 0.1) is 11.3 Å². The normalized spacial score (nSPS) is 10.1. The van der Waals surface area contributed by atoms with Crippen molar-refractivity contribution in [2.45, 2.75) is 0 Å². The maximum atomic E-state index is 11.3. The predicted octanol–water partition coefficient (Wildman–Crippen LogP) is -0.507. The zero-order valence-corrected chi connectivity index (χ0v) is 7.81. The summed E-state index contributed by atoms with van der Waals surface area (Å²) in [6.07, 6.45) is 0. The lowest BCUT2D eigenvalue weighted by Gasteiger charge is -2.01. The number of pyridine rings is 1. The molecule has 1 N–H and O–H groups in total. The van der Waals surface area contributed by atoms with Crippen molar-refractivity contribution in [3.05, 3.63) is 38.5 Å². The molecule has 74 valence electrons. The second kappa shape index (κ2) is 3.06. The molecule has 0 bridgehead atoms. The number of nitrogens with one attached hydrogen (secondary N) is 1. The van der Waals surface area contributed by atoms with Crippen LogP contribution in [0.4, 0.5) is 0 Å². The fourth-order valence-corrected chi connectivity index (χ4v) is 1.30. The minimum Gasteiger partial charge on any atom is -0.304 e. The number of aromatic amines is 1. The first kappa shape index (κ1) is 9.15. The topological polar surface area (TPSA) is 91.5 Å². The fourth-order valence-electron chi connectivity index (χ4n) is 1.30. The van der Waals surface area contributed by atoms with Gasteiger partial charge in [-0.05, 0) is 12.1 Å². The molecular weight excluding hydrogens is 196 g/mol. The summed E-state index contributed by atoms with van der Waals surface area (Å²) < 4.78 is 1.20. The van der Waals surface area contributed by atoms with Gasteiger partial charge in [0.15, 0.2) is 5.65 Å². The summed E-state index contributed by atoms with van der Waals surface area (Å²) in [5.41, 5.74) is -0.474. The van der Waals surface area contributed by atoms with E-state index in [4.69, 9.17) is 5.26 Å². The first-order valence-electron chi connectivity index (χ1n) is 4.13. The molecule has 0 saturated heterocycles. The predicted molar refractivity (Wildman–Crippen MR) is 52.3 cm³/mol. The van der Waals surface area contributed by atoms with Crippen molar-refractivity contribution in [3.63, 3.8) is 0 Å². The van der Waals surface area contributed by atoms with Crippen LogP contribution in [0.5, 0.6) is 0 Å². The van der Waals surface area contributed by atoms with Gasteiger partial charge in [0.25, 0.3) is 0 Å². The van der Waals surface area contributed by atoms with E-state index in [0.717, 1.165) is 0 Å². The van der Waals surface area contributed by atoms with Gasteiger partial charge in [0.1, 0.15) is 11.8 Å². The van der Waals surface area contributed by atoms with Crippen molar-refractivity contribution in [2.24, 2.45) is 7.05 Å². The van der Waals surface area contributed by atoms with Crippen LogP contribution in [0.15, 0.2) is 21.7 Å². The molecule has 6 nitrogen and oxygen atoms in total. The highest BCUT2D eigenvalue weighted by molar-refractivity contribution is 5.70. The van der Waals surface area contributed by atoms with Gasteiger partial charge in [0.05, 0.1) is 5.52 Å². The van der Waals surface area contributed by atoms with Gasteiger partial charge in [-0.2, -0.15) is 5.26 Å². The minimum atomic E-state index is -0.743. The zero-order chi connectivity index (χ0) is 11.0. The molecule has 0 amide bonds. The number of hydrogen-bond acceptors (Lipinski definition) is 4. The number of aromatic nitrogens is 3. The summed E-state index contributed by atoms with van der Waals surface area (Å²) in [7, 11) is 1.48. The summed E-state index contributed by atoms with van der Waals surface area (Å²) in [5, 5.41) is 8.62. The van der Waals surface area contributed by atoms with E-state index in [-0.39, 0.29) is 11.3 Å². The summed E-state index contributed by atoms with van der Waals surface area (Å²) >= 11 is 0. The van der Waals surface area contributed by atoms with Crippen molar-refractivity contribution in [1.82, 2.24) is 14.5 Å². The van der Waals surface area contributed by atoms with Crippen molar-refractivity contribution in [3.8, 4) is 6.07 Å². The lowest BCUT2D eigenvalue weighted by atomic mass is 10.3. The third kappa shape index (κ3) is 1.30. The van der Waals surface area contributed by atoms with E-state index in [1.807, 2.05) is 6.07 Å². The lowest BCUT2D eigenvalue weighted by molar-refractivity contribution is 0.868. The van der Waals surface area contributed by atoms with Gasteiger partial charge in [-0.25, -0.2) is 4.98 Å². The zero-order valence-electron chi connectivity index (χ0n) is 7.81. The number of nitriles is 1. The minimum absolute atomic E-state index is 0.191. The Morgan fingerprint density at radius 3 is 2.87 bits per heavy atom. The van der Waals surface area contributed by atoms with E-state index in [2.05, 4.69) is 9.97 Å². The van der Waals surface area contributed by atoms with E-state index in [0.29, 0.717) is 5.52 Å². The molecule has 0 saturated carbocycles. The standard InChI is InChI=1S/C9H6N4O2/c1-13-6-3-2-5(4-10)11-7(6)12-8(14)9(13)15/h2-3H,1H3,(H,11,12,14). The van der Waals surface area contributed by atoms with Gasteiger partial charge in [0.2, 0.25) is 0 Å². The molecule has 0 radical (unpaired) electrons. The van der Waals surface area contributed by atoms with Crippen LogP contribution in [0.2, 0.25) is 0 Å². The molecule has 0 aliphatic rings. The van der Waals surface area contributed by atoms with Crippen molar-refractivity contribution >= 4 is 11.2 Å². The largest absolute Gasteiger partial charge is 0.316 e. The number of nitrogens with zero attached hydrogens (tertiary/aromatic N) is 3. The van der Waals surface area contributed by atoms with Crippen LogP contribution < -0.4 is 11.1 Å². The third-order valence-electron chi connectivity index (χ3n) is 2.08. The summed E-state index contributed by atoms with van der Waals surface area (Å²) in [6, 6.07) is 4.91. The lowest BCUT2D eigenvalue weighted by Crippen LogP contribution is -2.35. The van der Waals surface area contributed by atoms with Crippen molar-refractivity contribution in [2.75, 3.05) is 0 Å². The molecule has 2 rings (SSSR count). The monoisotopic (exact) mass is 202 g/mol. The quantitative estimate of drug-likeness (QED) is 0.582. The Hall–Kier alpha value is -2.42. The van der Waals surface area contributed by atoms with E-state index in [1.54, 1.807) is 6.07 Å². The molecule has 2 aromatic heterocycles. The molecule has 0 aliphatic heterocycles. The fraction of sp³-hybridized carbons (Fsp3) is 0.111. The summed E-state index contributed by atoms with van der Waals surface area (Å²) in [5.74, 6) is 0. The number of rotatable bonds is 0. The van der Waals surface area contributed by atoms with E-state index in [1.165, 1.54) is 17.7 Å². The maximum Gasteiger partial charge on any atom is 0.316 e. The van der Waals surface area contributed by atoms with Gasteiger partial charge in [-0.3, -0.25) is 9.59 Å². The molecule has 2 aromatic rings. The van der Waals surface area contributed by atoms with Crippen LogP contribution >= 0.6 is 0 Å². The Balaban J connectivity index is 3.00. The molecule has 2 heterocycles. The van der Waals surface area contributed by atoms with Crippen molar-refractivity contribution < 1.29 is 0 Å². The van der Waals surface area contributed by atoms with E-state index in [9.17, 15) is 9.59 Å². The highest BCUT2D eigenvalue weighted by atomic mass is 16.2. The van der Waals surface area contributed by atoms with Gasteiger partial charge >= 0.3 is 11.1 Å². The van der Waals surface area contributed by atoms with Crippen LogP contribution in [-0.2, 0) is 7.05 Å². The average molecular weight is 202 g/mol. The van der Waals surface area contributed by atoms with Gasteiger partial charge < -0.3 is 9.55 Å². The van der Waals surface area contributed by atoms with Gasteiger partial charge in [0, 0.05) is 7.05 Å². The van der Waals surface area contributed by atoms with E-state index >= 15 is 0 Å². The first-order valence-corrected chi connectivity index (χ1v) is 4.13. The second-order valence-electron chi connectivity index (χ2n) is 2.99. The van der Waals surface area contributed by atoms with Crippen LogP contribution in [0.1, 0.15) is 5.69 Å². The number of fused-ring (bicyclic) bond motifs is 1. The SMILES string of the molecule is Cn1c(=O)c(=O)[nH]c2nc(C#N)ccc21. The molecule has 0 aliphatic carbocycles. The average Bonchev–Trinajstić information content (AvgIpc) is 2.25. The van der Waals surface area contributed by atoms with Gasteiger partial charge in [-0.1, -0.05) is 0 Å². The highest BCUT2D eigenvalue weighted by Crippen LogP contribution is 2.04. The van der Waals surface area contributed by atoms with Crippen LogP contribution in [0.3, 0.4) is 0 Å². The molecule has 0 spiro atoms. The Morgan fingerprint density at radius 1 is 1.47 bits per heavy atom. The molecular formula is C9H6N4O2. The van der Waals surface area contributed by atoms with E-state index < -0.39 is 11.1 Å². The Kier molecular flexibility index (Phi) is 1.87. The molecule has 15 heavy (non-hydrogen) atoms. The second-order valence-corrected chi connectivity index (χ2v) is 2.99. The third-order valence-corrected chi connectivity index (χ3v) is 2.08. The molecule has 0 fully saturated rings. The Labute approximate surface area is 83.4 Å². The molecule has 0 atom stereocenters. The number of H-pyrrole nitrogens is 1. The Morgan fingerprint density at radius 2 is 2.20 bits per heavy atom. The Bertz CT molecular complexity index is 690. The number of hydrogen-bond donors (Lipinski definition) is 1. The molecule has 6 heteroatoms. The smallest absolute Gasteiger partial charge is 0.304 e. The molecule has 0 unspecified atom stereocenters. The number of aryl methyl sites for hydroxylation is 1.